The Hall–Kier alpha value is -2.53. The predicted octanol–water partition coefficient (Wildman–Crippen LogP) is 4.24. The standard InChI is InChI=1S/C14H11F3N2O2S/c1-2-3-12(20)11(8-18)13(22)19-9-4-6-10(7-5-9)21-14(15,16)17/h2,4-7,20H,1,3H2,(H,19,22)/b12-11-. The second kappa shape index (κ2) is 7.47. The number of nitrogens with zero attached hydrogens (tertiary/aromatic N) is 1. The maximum absolute atomic E-state index is 12.0. The topological polar surface area (TPSA) is 65.3 Å². The average molecular weight is 328 g/mol. The van der Waals surface area contributed by atoms with E-state index in [1.807, 2.05) is 0 Å². The Balaban J connectivity index is 2.83. The van der Waals surface area contributed by atoms with Gasteiger partial charge in [-0.1, -0.05) is 18.3 Å². The lowest BCUT2D eigenvalue weighted by Gasteiger charge is -2.11. The predicted molar refractivity (Wildman–Crippen MR) is 79.4 cm³/mol. The summed E-state index contributed by atoms with van der Waals surface area (Å²) in [7, 11) is 0. The number of aliphatic hydroxyl groups excluding tert-OH is 1. The molecule has 1 aromatic rings. The molecule has 0 aliphatic rings. The van der Waals surface area contributed by atoms with Gasteiger partial charge in [0.15, 0.2) is 0 Å². The maximum atomic E-state index is 12.0. The van der Waals surface area contributed by atoms with E-state index in [-0.39, 0.29) is 28.5 Å². The highest BCUT2D eigenvalue weighted by atomic mass is 32.1. The number of nitrogens with one attached hydrogen (secondary N) is 1. The molecule has 2 N–H and O–H groups in total. The molecule has 0 atom stereocenters. The van der Waals surface area contributed by atoms with Crippen LogP contribution in [0, 0.1) is 11.3 Å². The number of hydrogen-bond acceptors (Lipinski definition) is 4. The van der Waals surface area contributed by atoms with Crippen LogP contribution in [-0.4, -0.2) is 16.5 Å². The van der Waals surface area contributed by atoms with Crippen LogP contribution >= 0.6 is 12.2 Å². The second-order valence-corrected chi connectivity index (χ2v) is 4.36. The molecule has 0 fully saturated rings. The van der Waals surface area contributed by atoms with Gasteiger partial charge in [0.05, 0.1) is 0 Å². The van der Waals surface area contributed by atoms with E-state index in [0.717, 1.165) is 12.1 Å². The number of alkyl halides is 3. The van der Waals surface area contributed by atoms with E-state index in [9.17, 15) is 18.3 Å². The Morgan fingerprint density at radius 1 is 1.41 bits per heavy atom. The first kappa shape index (κ1) is 17.5. The van der Waals surface area contributed by atoms with Crippen LogP contribution < -0.4 is 10.1 Å². The third-order valence-corrected chi connectivity index (χ3v) is 2.62. The van der Waals surface area contributed by atoms with Crippen LogP contribution in [0.25, 0.3) is 0 Å². The summed E-state index contributed by atoms with van der Waals surface area (Å²) in [6, 6.07) is 6.54. The molecule has 1 aromatic carbocycles. The lowest BCUT2D eigenvalue weighted by atomic mass is 10.2. The minimum Gasteiger partial charge on any atom is -0.510 e. The van der Waals surface area contributed by atoms with Crippen molar-refractivity contribution in [1.82, 2.24) is 0 Å². The number of benzene rings is 1. The smallest absolute Gasteiger partial charge is 0.510 e. The van der Waals surface area contributed by atoms with Crippen molar-refractivity contribution in [2.75, 3.05) is 5.32 Å². The van der Waals surface area contributed by atoms with Crippen LogP contribution in [0.15, 0.2) is 48.3 Å². The molecular weight excluding hydrogens is 317 g/mol. The highest BCUT2D eigenvalue weighted by molar-refractivity contribution is 7.81. The third-order valence-electron chi connectivity index (χ3n) is 2.31. The summed E-state index contributed by atoms with van der Waals surface area (Å²) in [4.78, 5) is -0.0497. The first-order chi connectivity index (χ1) is 10.3. The van der Waals surface area contributed by atoms with Gasteiger partial charge in [-0.25, -0.2) is 0 Å². The summed E-state index contributed by atoms with van der Waals surface area (Å²) in [6.45, 7) is 3.43. The van der Waals surface area contributed by atoms with Crippen molar-refractivity contribution in [1.29, 1.82) is 5.26 Å². The third kappa shape index (κ3) is 5.46. The van der Waals surface area contributed by atoms with Crippen molar-refractivity contribution in [2.45, 2.75) is 12.8 Å². The normalized spacial score (nSPS) is 11.9. The minimum atomic E-state index is -4.77. The van der Waals surface area contributed by atoms with Gasteiger partial charge in [-0.2, -0.15) is 5.26 Å². The van der Waals surface area contributed by atoms with E-state index in [2.05, 4.69) is 16.6 Å². The molecule has 0 spiro atoms. The van der Waals surface area contributed by atoms with Crippen molar-refractivity contribution in [2.24, 2.45) is 0 Å². The monoisotopic (exact) mass is 328 g/mol. The fraction of sp³-hybridized carbons (Fsp3) is 0.143. The molecule has 0 aliphatic heterocycles. The van der Waals surface area contributed by atoms with Crippen LogP contribution in [-0.2, 0) is 0 Å². The highest BCUT2D eigenvalue weighted by Gasteiger charge is 2.30. The molecule has 8 heteroatoms. The van der Waals surface area contributed by atoms with Gasteiger partial charge in [0.25, 0.3) is 0 Å². The zero-order valence-electron chi connectivity index (χ0n) is 11.1. The van der Waals surface area contributed by atoms with Crippen molar-refractivity contribution < 1.29 is 23.0 Å². The SMILES string of the molecule is C=CC/C(O)=C(\C#N)C(=S)Nc1ccc(OC(F)(F)F)cc1. The van der Waals surface area contributed by atoms with Gasteiger partial charge in [0.1, 0.15) is 28.1 Å². The lowest BCUT2D eigenvalue weighted by Crippen LogP contribution is -2.17. The molecule has 1 rings (SSSR count). The molecule has 0 radical (unpaired) electrons. The number of anilines is 1. The number of aliphatic hydroxyl groups is 1. The van der Waals surface area contributed by atoms with Crippen LogP contribution in [0.2, 0.25) is 0 Å². The van der Waals surface area contributed by atoms with Gasteiger partial charge < -0.3 is 15.2 Å². The number of rotatable bonds is 5. The van der Waals surface area contributed by atoms with Crippen molar-refractivity contribution in [3.05, 3.63) is 48.3 Å². The highest BCUT2D eigenvalue weighted by Crippen LogP contribution is 2.24. The molecule has 0 aliphatic carbocycles. The summed E-state index contributed by atoms with van der Waals surface area (Å²) in [5, 5.41) is 21.3. The summed E-state index contributed by atoms with van der Waals surface area (Å²) < 4.78 is 39.8. The average Bonchev–Trinajstić information content (AvgIpc) is 2.40. The molecule has 4 nitrogen and oxygen atoms in total. The van der Waals surface area contributed by atoms with E-state index < -0.39 is 6.36 Å². The fourth-order valence-corrected chi connectivity index (χ4v) is 1.70. The molecule has 116 valence electrons. The zero-order valence-corrected chi connectivity index (χ0v) is 12.0. The van der Waals surface area contributed by atoms with Crippen LogP contribution in [0.1, 0.15) is 6.42 Å². The first-order valence-corrected chi connectivity index (χ1v) is 6.28. The van der Waals surface area contributed by atoms with Gasteiger partial charge in [0, 0.05) is 12.1 Å². The minimum absolute atomic E-state index is 0.0497. The molecule has 0 amide bonds. The Kier molecular flexibility index (Phi) is 5.95. The molecule has 0 aromatic heterocycles. The summed E-state index contributed by atoms with van der Waals surface area (Å²) in [6.07, 6.45) is -3.29. The first-order valence-electron chi connectivity index (χ1n) is 5.87. The summed E-state index contributed by atoms with van der Waals surface area (Å²) >= 11 is 4.97. The molecule has 0 saturated heterocycles. The summed E-state index contributed by atoms with van der Waals surface area (Å²) in [5.74, 6) is -0.624. The zero-order chi connectivity index (χ0) is 16.8. The fourth-order valence-electron chi connectivity index (χ4n) is 1.42. The number of halogens is 3. The van der Waals surface area contributed by atoms with E-state index in [1.165, 1.54) is 18.2 Å². The van der Waals surface area contributed by atoms with Crippen molar-refractivity contribution >= 4 is 22.9 Å². The van der Waals surface area contributed by atoms with Crippen LogP contribution in [0.4, 0.5) is 18.9 Å². The number of hydrogen-bond donors (Lipinski definition) is 2. The van der Waals surface area contributed by atoms with Crippen molar-refractivity contribution in [3.63, 3.8) is 0 Å². The van der Waals surface area contributed by atoms with Crippen LogP contribution in [0.5, 0.6) is 5.75 Å². The number of thiocarbonyl (C=S) groups is 1. The van der Waals surface area contributed by atoms with Gasteiger partial charge >= 0.3 is 6.36 Å². The van der Waals surface area contributed by atoms with E-state index in [0.29, 0.717) is 5.69 Å². The largest absolute Gasteiger partial charge is 0.573 e. The molecule has 22 heavy (non-hydrogen) atoms. The Morgan fingerprint density at radius 2 is 2.00 bits per heavy atom. The van der Waals surface area contributed by atoms with E-state index >= 15 is 0 Å². The Labute approximate surface area is 130 Å². The second-order valence-electron chi connectivity index (χ2n) is 3.95. The molecule has 0 bridgehead atoms. The molecular formula is C14H11F3N2O2S. The van der Waals surface area contributed by atoms with Gasteiger partial charge in [-0.05, 0) is 24.3 Å². The van der Waals surface area contributed by atoms with Crippen molar-refractivity contribution in [3.8, 4) is 11.8 Å². The summed E-state index contributed by atoms with van der Waals surface area (Å²) in [5.41, 5.74) is 0.212. The molecule has 0 heterocycles. The van der Waals surface area contributed by atoms with Gasteiger partial charge in [-0.3, -0.25) is 0 Å². The van der Waals surface area contributed by atoms with Gasteiger partial charge in [-0.15, -0.1) is 19.8 Å². The maximum Gasteiger partial charge on any atom is 0.573 e. The number of ether oxygens (including phenoxy) is 1. The van der Waals surface area contributed by atoms with Crippen LogP contribution in [0.3, 0.4) is 0 Å². The molecule has 0 unspecified atom stereocenters. The number of allylic oxidation sites excluding steroid dienone is 1. The Bertz CT molecular complexity index is 631. The van der Waals surface area contributed by atoms with Gasteiger partial charge in [0.2, 0.25) is 0 Å². The lowest BCUT2D eigenvalue weighted by molar-refractivity contribution is -0.274. The van der Waals surface area contributed by atoms with E-state index in [4.69, 9.17) is 17.5 Å². The van der Waals surface area contributed by atoms with E-state index in [1.54, 1.807) is 6.07 Å². The quantitative estimate of drug-likeness (QED) is 0.278. The number of nitriles is 1. The Morgan fingerprint density at radius 3 is 2.45 bits per heavy atom. The molecule has 0 saturated carbocycles.